The SMILES string of the molecule is NC(=O)Cn1cc(C=C2C(=O)c3ccccc3C2=O)c2ccccc21. The van der Waals surface area contributed by atoms with Gasteiger partial charge >= 0.3 is 0 Å². The lowest BCUT2D eigenvalue weighted by Crippen LogP contribution is -2.17. The molecule has 0 bridgehead atoms. The summed E-state index contributed by atoms with van der Waals surface area (Å²) in [5.41, 5.74) is 7.84. The van der Waals surface area contributed by atoms with Crippen LogP contribution in [0.1, 0.15) is 26.3 Å². The minimum Gasteiger partial charge on any atom is -0.368 e. The van der Waals surface area contributed by atoms with E-state index < -0.39 is 5.91 Å². The van der Waals surface area contributed by atoms with E-state index in [-0.39, 0.29) is 23.7 Å². The van der Waals surface area contributed by atoms with Crippen molar-refractivity contribution in [1.82, 2.24) is 4.57 Å². The molecule has 0 saturated heterocycles. The van der Waals surface area contributed by atoms with Crippen molar-refractivity contribution in [2.24, 2.45) is 5.73 Å². The lowest BCUT2D eigenvalue weighted by molar-refractivity contribution is -0.118. The van der Waals surface area contributed by atoms with Crippen molar-refractivity contribution >= 4 is 34.5 Å². The number of nitrogens with zero attached hydrogens (tertiary/aromatic N) is 1. The maximum absolute atomic E-state index is 12.6. The first-order chi connectivity index (χ1) is 12.1. The third-order valence-corrected chi connectivity index (χ3v) is 4.35. The van der Waals surface area contributed by atoms with E-state index in [1.165, 1.54) is 0 Å². The second kappa shape index (κ2) is 5.56. The highest BCUT2D eigenvalue weighted by molar-refractivity contribution is 6.41. The van der Waals surface area contributed by atoms with Crippen molar-refractivity contribution in [3.8, 4) is 0 Å². The van der Waals surface area contributed by atoms with Crippen LogP contribution < -0.4 is 5.73 Å². The number of rotatable bonds is 3. The van der Waals surface area contributed by atoms with Crippen molar-refractivity contribution in [2.75, 3.05) is 0 Å². The van der Waals surface area contributed by atoms with Gasteiger partial charge in [-0.15, -0.1) is 0 Å². The summed E-state index contributed by atoms with van der Waals surface area (Å²) < 4.78 is 1.72. The number of nitrogens with two attached hydrogens (primary N) is 1. The number of fused-ring (bicyclic) bond motifs is 2. The zero-order valence-corrected chi connectivity index (χ0v) is 13.2. The molecule has 0 aliphatic heterocycles. The van der Waals surface area contributed by atoms with E-state index in [0.717, 1.165) is 10.9 Å². The standard InChI is InChI=1S/C20H14N2O3/c21-18(23)11-22-10-12(13-5-3-4-8-17(13)22)9-16-19(24)14-6-1-2-7-15(14)20(16)25/h1-10H,11H2,(H2,21,23). The summed E-state index contributed by atoms with van der Waals surface area (Å²) in [4.78, 5) is 36.4. The fraction of sp³-hybridized carbons (Fsp3) is 0.0500. The summed E-state index contributed by atoms with van der Waals surface area (Å²) in [7, 11) is 0. The molecule has 0 radical (unpaired) electrons. The summed E-state index contributed by atoms with van der Waals surface area (Å²) in [6.45, 7) is 0.0335. The van der Waals surface area contributed by atoms with Crippen LogP contribution in [0.3, 0.4) is 0 Å². The predicted molar refractivity (Wildman–Crippen MR) is 94.2 cm³/mol. The molecule has 0 unspecified atom stereocenters. The first kappa shape index (κ1) is 15.1. The third kappa shape index (κ3) is 2.37. The Labute approximate surface area is 143 Å². The fourth-order valence-corrected chi connectivity index (χ4v) is 3.25. The van der Waals surface area contributed by atoms with Crippen LogP contribution in [0.5, 0.6) is 0 Å². The van der Waals surface area contributed by atoms with Gasteiger partial charge in [0.05, 0.1) is 5.57 Å². The number of ketones is 2. The summed E-state index contributed by atoms with van der Waals surface area (Å²) in [6, 6.07) is 14.3. The van der Waals surface area contributed by atoms with Gasteiger partial charge in [0, 0.05) is 33.8 Å². The van der Waals surface area contributed by atoms with Crippen LogP contribution in [-0.4, -0.2) is 22.0 Å². The highest BCUT2D eigenvalue weighted by Gasteiger charge is 2.32. The number of amides is 1. The molecule has 3 aromatic rings. The Morgan fingerprint density at radius 3 is 2.20 bits per heavy atom. The van der Waals surface area contributed by atoms with Crippen LogP contribution in [-0.2, 0) is 11.3 Å². The molecule has 5 heteroatoms. The molecule has 1 aromatic heterocycles. The fourth-order valence-electron chi connectivity index (χ4n) is 3.25. The van der Waals surface area contributed by atoms with Gasteiger partial charge in [0.2, 0.25) is 5.91 Å². The second-order valence-electron chi connectivity index (χ2n) is 5.96. The van der Waals surface area contributed by atoms with Crippen molar-refractivity contribution < 1.29 is 14.4 Å². The number of benzene rings is 2. The highest BCUT2D eigenvalue weighted by atomic mass is 16.2. The number of primary amides is 1. The third-order valence-electron chi connectivity index (χ3n) is 4.35. The van der Waals surface area contributed by atoms with E-state index in [0.29, 0.717) is 16.7 Å². The van der Waals surface area contributed by atoms with E-state index >= 15 is 0 Å². The number of aromatic nitrogens is 1. The number of para-hydroxylation sites is 1. The largest absolute Gasteiger partial charge is 0.368 e. The summed E-state index contributed by atoms with van der Waals surface area (Å²) in [6.07, 6.45) is 3.34. The molecule has 1 aliphatic rings. The van der Waals surface area contributed by atoms with E-state index in [4.69, 9.17) is 5.73 Å². The summed E-state index contributed by atoms with van der Waals surface area (Å²) >= 11 is 0. The monoisotopic (exact) mass is 330 g/mol. The number of hydrogen-bond acceptors (Lipinski definition) is 3. The van der Waals surface area contributed by atoms with Crippen LogP contribution in [0.2, 0.25) is 0 Å². The molecular formula is C20H14N2O3. The predicted octanol–water partition coefficient (Wildman–Crippen LogP) is 2.59. The van der Waals surface area contributed by atoms with Crippen LogP contribution in [0.25, 0.3) is 17.0 Å². The topological polar surface area (TPSA) is 82.2 Å². The van der Waals surface area contributed by atoms with Gasteiger partial charge in [-0.1, -0.05) is 42.5 Å². The van der Waals surface area contributed by atoms with Gasteiger partial charge < -0.3 is 10.3 Å². The van der Waals surface area contributed by atoms with Gasteiger partial charge in [0.1, 0.15) is 6.54 Å². The maximum atomic E-state index is 12.6. The van der Waals surface area contributed by atoms with Crippen molar-refractivity contribution in [1.29, 1.82) is 0 Å². The molecule has 4 rings (SSSR count). The van der Waals surface area contributed by atoms with Gasteiger partial charge in [0.25, 0.3) is 0 Å². The highest BCUT2D eigenvalue weighted by Crippen LogP contribution is 2.30. The van der Waals surface area contributed by atoms with E-state index in [1.54, 1.807) is 41.1 Å². The molecule has 5 nitrogen and oxygen atoms in total. The zero-order valence-electron chi connectivity index (χ0n) is 13.2. The minimum atomic E-state index is -0.458. The molecule has 2 aromatic carbocycles. The summed E-state index contributed by atoms with van der Waals surface area (Å²) in [5, 5.41) is 0.854. The molecule has 0 atom stereocenters. The Morgan fingerprint density at radius 2 is 1.56 bits per heavy atom. The van der Waals surface area contributed by atoms with Gasteiger partial charge in [0.15, 0.2) is 11.6 Å². The smallest absolute Gasteiger partial charge is 0.237 e. The molecule has 2 N–H and O–H groups in total. The van der Waals surface area contributed by atoms with Gasteiger partial charge in [-0.3, -0.25) is 14.4 Å². The molecule has 1 heterocycles. The first-order valence-electron chi connectivity index (χ1n) is 7.82. The number of hydrogen-bond donors (Lipinski definition) is 1. The Morgan fingerprint density at radius 1 is 0.960 bits per heavy atom. The van der Waals surface area contributed by atoms with Crippen LogP contribution in [0, 0.1) is 0 Å². The summed E-state index contributed by atoms with van der Waals surface area (Å²) in [5.74, 6) is -1.000. The molecule has 0 saturated carbocycles. The van der Waals surface area contributed by atoms with Gasteiger partial charge in [-0.25, -0.2) is 0 Å². The molecule has 0 fully saturated rings. The number of carbonyl (C=O) groups is 3. The Hall–Kier alpha value is -3.47. The lowest BCUT2D eigenvalue weighted by atomic mass is 10.1. The van der Waals surface area contributed by atoms with Crippen LogP contribution in [0.4, 0.5) is 0 Å². The average molecular weight is 330 g/mol. The molecule has 1 amide bonds. The zero-order chi connectivity index (χ0) is 17.6. The number of carbonyl (C=O) groups excluding carboxylic acids is 3. The Kier molecular flexibility index (Phi) is 3.35. The maximum Gasteiger partial charge on any atom is 0.237 e. The molecular weight excluding hydrogens is 316 g/mol. The molecule has 25 heavy (non-hydrogen) atoms. The van der Waals surface area contributed by atoms with Crippen molar-refractivity contribution in [3.05, 3.63) is 77.0 Å². The van der Waals surface area contributed by atoms with Gasteiger partial charge in [-0.2, -0.15) is 0 Å². The quantitative estimate of drug-likeness (QED) is 0.592. The normalized spacial score (nSPS) is 13.4. The first-order valence-corrected chi connectivity index (χ1v) is 7.82. The van der Waals surface area contributed by atoms with E-state index in [1.807, 2.05) is 24.3 Å². The van der Waals surface area contributed by atoms with Crippen LogP contribution >= 0.6 is 0 Å². The van der Waals surface area contributed by atoms with E-state index in [2.05, 4.69) is 0 Å². The average Bonchev–Trinajstić information content (AvgIpc) is 3.06. The Bertz CT molecular complexity index is 1050. The number of Topliss-reactive ketones (excluding diaryl/α,β-unsaturated/α-hetero) is 2. The van der Waals surface area contributed by atoms with Crippen molar-refractivity contribution in [3.63, 3.8) is 0 Å². The van der Waals surface area contributed by atoms with Crippen LogP contribution in [0.15, 0.2) is 60.3 Å². The van der Waals surface area contributed by atoms with E-state index in [9.17, 15) is 14.4 Å². The molecule has 1 aliphatic carbocycles. The van der Waals surface area contributed by atoms with Crippen molar-refractivity contribution in [2.45, 2.75) is 6.54 Å². The second-order valence-corrected chi connectivity index (χ2v) is 5.96. The molecule has 122 valence electrons. The molecule has 0 spiro atoms. The lowest BCUT2D eigenvalue weighted by Gasteiger charge is -2.00. The van der Waals surface area contributed by atoms with Gasteiger partial charge in [-0.05, 0) is 12.1 Å². The number of allylic oxidation sites excluding steroid dienone is 1. The Balaban J connectivity index is 1.87. The minimum absolute atomic E-state index is 0.0335.